The van der Waals surface area contributed by atoms with Gasteiger partial charge >= 0.3 is 6.09 Å². The van der Waals surface area contributed by atoms with Crippen LogP contribution in [0.2, 0.25) is 0 Å². The Morgan fingerprint density at radius 3 is 2.12 bits per heavy atom. The maximum atomic E-state index is 12.5. The Balaban J connectivity index is 1.89. The zero-order valence-corrected chi connectivity index (χ0v) is 15.3. The fraction of sp³-hybridized carbons (Fsp3) is 0.333. The minimum Gasteiger partial charge on any atom is -0.445 e. The molecule has 2 amide bonds. The highest BCUT2D eigenvalue weighted by Gasteiger charge is 2.26. The van der Waals surface area contributed by atoms with Crippen molar-refractivity contribution >= 4 is 12.0 Å². The van der Waals surface area contributed by atoms with Gasteiger partial charge in [-0.05, 0) is 17.0 Å². The van der Waals surface area contributed by atoms with E-state index in [-0.39, 0.29) is 18.4 Å². The fourth-order valence-electron chi connectivity index (χ4n) is 2.49. The lowest BCUT2D eigenvalue weighted by Gasteiger charge is -2.23. The molecule has 0 unspecified atom stereocenters. The number of nitrogens with one attached hydrogen (secondary N) is 2. The number of carbonyl (C=O) groups is 2. The third kappa shape index (κ3) is 6.24. The van der Waals surface area contributed by atoms with Crippen LogP contribution in [0.15, 0.2) is 60.7 Å². The minimum atomic E-state index is -0.632. The zero-order chi connectivity index (χ0) is 18.8. The number of amides is 2. The number of benzene rings is 2. The second-order valence-corrected chi connectivity index (χ2v) is 6.27. The molecule has 5 heteroatoms. The molecule has 2 aromatic carbocycles. The van der Waals surface area contributed by atoms with Gasteiger partial charge in [0.05, 0.1) is 0 Å². The lowest BCUT2D eigenvalue weighted by molar-refractivity contribution is -0.124. The van der Waals surface area contributed by atoms with E-state index in [1.807, 2.05) is 74.5 Å². The average molecular weight is 354 g/mol. The van der Waals surface area contributed by atoms with Crippen molar-refractivity contribution in [3.05, 3.63) is 71.8 Å². The average Bonchev–Trinajstić information content (AvgIpc) is 2.69. The summed E-state index contributed by atoms with van der Waals surface area (Å²) in [7, 11) is 0. The van der Waals surface area contributed by atoms with Gasteiger partial charge < -0.3 is 15.4 Å². The molecule has 2 aromatic rings. The molecule has 0 spiro atoms. The molecule has 0 fully saturated rings. The molecule has 5 nitrogen and oxygen atoms in total. The topological polar surface area (TPSA) is 67.4 Å². The number of hydrogen-bond acceptors (Lipinski definition) is 3. The summed E-state index contributed by atoms with van der Waals surface area (Å²) in [4.78, 5) is 24.7. The molecular formula is C21H26N2O3. The first kappa shape index (κ1) is 19.5. The highest BCUT2D eigenvalue weighted by Crippen LogP contribution is 2.09. The molecule has 0 aromatic heterocycles. The van der Waals surface area contributed by atoms with Gasteiger partial charge in [0.2, 0.25) is 5.91 Å². The molecule has 2 rings (SSSR count). The predicted molar refractivity (Wildman–Crippen MR) is 101 cm³/mol. The van der Waals surface area contributed by atoms with Gasteiger partial charge in [-0.25, -0.2) is 4.79 Å². The van der Waals surface area contributed by atoms with Crippen LogP contribution in [-0.2, 0) is 22.7 Å². The number of rotatable bonds is 8. The second-order valence-electron chi connectivity index (χ2n) is 6.27. The van der Waals surface area contributed by atoms with Crippen molar-refractivity contribution in [1.29, 1.82) is 0 Å². The van der Waals surface area contributed by atoms with Crippen molar-refractivity contribution in [1.82, 2.24) is 10.6 Å². The summed E-state index contributed by atoms with van der Waals surface area (Å²) in [6.45, 7) is 4.52. The van der Waals surface area contributed by atoms with Crippen LogP contribution < -0.4 is 10.6 Å². The number of carbonyl (C=O) groups excluding carboxylic acids is 2. The normalized spacial score (nSPS) is 12.7. The molecule has 0 heterocycles. The van der Waals surface area contributed by atoms with E-state index in [0.29, 0.717) is 6.54 Å². The van der Waals surface area contributed by atoms with Gasteiger partial charge in [0.15, 0.2) is 0 Å². The Hall–Kier alpha value is -2.82. The maximum absolute atomic E-state index is 12.5. The monoisotopic (exact) mass is 354 g/mol. The molecular weight excluding hydrogens is 328 g/mol. The van der Waals surface area contributed by atoms with Crippen LogP contribution in [0.25, 0.3) is 0 Å². The molecule has 0 aliphatic rings. The van der Waals surface area contributed by atoms with Crippen LogP contribution in [0.1, 0.15) is 31.4 Å². The maximum Gasteiger partial charge on any atom is 0.408 e. The van der Waals surface area contributed by atoms with Gasteiger partial charge in [0.1, 0.15) is 12.6 Å². The van der Waals surface area contributed by atoms with Crippen molar-refractivity contribution < 1.29 is 14.3 Å². The van der Waals surface area contributed by atoms with Crippen LogP contribution in [-0.4, -0.2) is 18.0 Å². The van der Waals surface area contributed by atoms with Gasteiger partial charge in [-0.15, -0.1) is 0 Å². The molecule has 0 bridgehead atoms. The summed E-state index contributed by atoms with van der Waals surface area (Å²) < 4.78 is 5.24. The van der Waals surface area contributed by atoms with E-state index in [2.05, 4.69) is 10.6 Å². The summed E-state index contributed by atoms with van der Waals surface area (Å²) in [5.74, 6) is -0.213. The SMILES string of the molecule is CC[C@H](C)[C@H](NC(=O)OCc1ccccc1)C(=O)NCc1ccccc1. The molecule has 0 saturated carbocycles. The van der Waals surface area contributed by atoms with Gasteiger partial charge in [-0.3, -0.25) is 4.79 Å². The van der Waals surface area contributed by atoms with E-state index in [9.17, 15) is 9.59 Å². The van der Waals surface area contributed by atoms with Crippen molar-refractivity contribution in [3.63, 3.8) is 0 Å². The number of alkyl carbamates (subject to hydrolysis) is 1. The van der Waals surface area contributed by atoms with E-state index in [1.54, 1.807) is 0 Å². The van der Waals surface area contributed by atoms with Gasteiger partial charge in [-0.2, -0.15) is 0 Å². The van der Waals surface area contributed by atoms with Crippen molar-refractivity contribution in [2.45, 2.75) is 39.5 Å². The van der Waals surface area contributed by atoms with Crippen LogP contribution in [0.5, 0.6) is 0 Å². The molecule has 2 atom stereocenters. The molecule has 0 saturated heterocycles. The third-order valence-electron chi connectivity index (χ3n) is 4.29. The standard InChI is InChI=1S/C21H26N2O3/c1-3-16(2)19(20(24)22-14-17-10-6-4-7-11-17)23-21(25)26-15-18-12-8-5-9-13-18/h4-13,16,19H,3,14-15H2,1-2H3,(H,22,24)(H,23,25)/t16-,19-/m0/s1. The lowest BCUT2D eigenvalue weighted by Crippen LogP contribution is -2.50. The van der Waals surface area contributed by atoms with Gasteiger partial charge in [0.25, 0.3) is 0 Å². The summed E-state index contributed by atoms with van der Waals surface area (Å²) >= 11 is 0. The summed E-state index contributed by atoms with van der Waals surface area (Å²) in [6.07, 6.45) is 0.177. The third-order valence-corrected chi connectivity index (χ3v) is 4.29. The second kappa shape index (κ2) is 10.2. The molecule has 2 N–H and O–H groups in total. The minimum absolute atomic E-state index is 0.00458. The Morgan fingerprint density at radius 1 is 0.962 bits per heavy atom. The van der Waals surface area contributed by atoms with Crippen molar-refractivity contribution in [2.75, 3.05) is 0 Å². The first-order valence-electron chi connectivity index (χ1n) is 8.89. The summed E-state index contributed by atoms with van der Waals surface area (Å²) in [5, 5.41) is 5.59. The van der Waals surface area contributed by atoms with Crippen molar-refractivity contribution in [3.8, 4) is 0 Å². The smallest absolute Gasteiger partial charge is 0.408 e. The summed E-state index contributed by atoms with van der Waals surface area (Å²) in [6, 6.07) is 18.5. The van der Waals surface area contributed by atoms with E-state index in [0.717, 1.165) is 17.5 Å². The Morgan fingerprint density at radius 2 is 1.54 bits per heavy atom. The first-order chi connectivity index (χ1) is 12.6. The Labute approximate surface area is 154 Å². The highest BCUT2D eigenvalue weighted by molar-refractivity contribution is 5.85. The molecule has 0 radical (unpaired) electrons. The van der Waals surface area contributed by atoms with E-state index in [1.165, 1.54) is 0 Å². The lowest BCUT2D eigenvalue weighted by atomic mass is 9.98. The van der Waals surface area contributed by atoms with Crippen LogP contribution >= 0.6 is 0 Å². The zero-order valence-electron chi connectivity index (χ0n) is 15.3. The predicted octanol–water partition coefficient (Wildman–Crippen LogP) is 3.64. The highest BCUT2D eigenvalue weighted by atomic mass is 16.5. The quantitative estimate of drug-likeness (QED) is 0.760. The van der Waals surface area contributed by atoms with Crippen molar-refractivity contribution in [2.24, 2.45) is 5.92 Å². The van der Waals surface area contributed by atoms with Crippen LogP contribution in [0, 0.1) is 5.92 Å². The van der Waals surface area contributed by atoms with Crippen LogP contribution in [0.4, 0.5) is 4.79 Å². The van der Waals surface area contributed by atoms with E-state index in [4.69, 9.17) is 4.74 Å². The number of hydrogen-bond donors (Lipinski definition) is 2. The van der Waals surface area contributed by atoms with Gasteiger partial charge in [0, 0.05) is 6.54 Å². The van der Waals surface area contributed by atoms with Gasteiger partial charge in [-0.1, -0.05) is 80.9 Å². The molecule has 26 heavy (non-hydrogen) atoms. The van der Waals surface area contributed by atoms with E-state index < -0.39 is 12.1 Å². The largest absolute Gasteiger partial charge is 0.445 e. The fourth-order valence-corrected chi connectivity index (χ4v) is 2.49. The molecule has 138 valence electrons. The Kier molecular flexibility index (Phi) is 7.68. The van der Waals surface area contributed by atoms with E-state index >= 15 is 0 Å². The summed E-state index contributed by atoms with van der Waals surface area (Å²) in [5.41, 5.74) is 1.91. The molecule has 0 aliphatic carbocycles. The number of ether oxygens (including phenoxy) is 1. The molecule has 0 aliphatic heterocycles. The Bertz CT molecular complexity index is 689. The van der Waals surface area contributed by atoms with Crippen LogP contribution in [0.3, 0.4) is 0 Å². The first-order valence-corrected chi connectivity index (χ1v) is 8.89.